The van der Waals surface area contributed by atoms with Gasteiger partial charge in [0.2, 0.25) is 5.91 Å². The minimum absolute atomic E-state index is 0.0768. The van der Waals surface area contributed by atoms with Crippen molar-refractivity contribution >= 4 is 11.6 Å². The van der Waals surface area contributed by atoms with Gasteiger partial charge in [0, 0.05) is 30.6 Å². The van der Waals surface area contributed by atoms with E-state index in [2.05, 4.69) is 47.8 Å². The number of nitrogens with one attached hydrogen (secondary N) is 1. The van der Waals surface area contributed by atoms with E-state index >= 15 is 0 Å². The van der Waals surface area contributed by atoms with E-state index in [-0.39, 0.29) is 5.41 Å². The molecule has 1 aromatic carbocycles. The molecule has 1 amide bonds. The first kappa shape index (κ1) is 27.0. The zero-order chi connectivity index (χ0) is 26.5. The number of benzene rings is 1. The van der Waals surface area contributed by atoms with Crippen LogP contribution >= 0.6 is 0 Å². The second-order valence-electron chi connectivity index (χ2n) is 9.77. The fourth-order valence-electron chi connectivity index (χ4n) is 4.41. The van der Waals surface area contributed by atoms with Gasteiger partial charge in [-0.2, -0.15) is 0 Å². The van der Waals surface area contributed by atoms with Gasteiger partial charge >= 0.3 is 0 Å². The first-order valence-corrected chi connectivity index (χ1v) is 11.8. The maximum atomic E-state index is 13.7. The molecule has 3 rings (SSSR count). The first-order chi connectivity index (χ1) is 17.0. The number of anilines is 1. The quantitative estimate of drug-likeness (QED) is 0.244. The Balaban J connectivity index is 1.67. The molecule has 1 heterocycles. The summed E-state index contributed by atoms with van der Waals surface area (Å²) in [5.74, 6) is -4.23. The third kappa shape index (κ3) is 6.74. The molecule has 0 saturated carbocycles. The summed E-state index contributed by atoms with van der Waals surface area (Å²) in [7, 11) is 0. The Morgan fingerprint density at radius 3 is 2.53 bits per heavy atom. The largest absolute Gasteiger partial charge is 0.330 e. The molecule has 4 nitrogen and oxygen atoms in total. The highest BCUT2D eigenvalue weighted by molar-refractivity contribution is 6.00. The van der Waals surface area contributed by atoms with Gasteiger partial charge in [-0.3, -0.25) is 4.79 Å². The number of imidazole rings is 1. The second kappa shape index (κ2) is 11.4. The van der Waals surface area contributed by atoms with E-state index in [9.17, 15) is 18.0 Å². The van der Waals surface area contributed by atoms with E-state index in [0.717, 1.165) is 18.4 Å². The Morgan fingerprint density at radius 2 is 1.83 bits per heavy atom. The van der Waals surface area contributed by atoms with Crippen molar-refractivity contribution in [2.24, 2.45) is 5.41 Å². The smallest absolute Gasteiger partial charge is 0.248 e. The van der Waals surface area contributed by atoms with E-state index < -0.39 is 29.0 Å². The van der Waals surface area contributed by atoms with Crippen LogP contribution in [0.5, 0.6) is 0 Å². The van der Waals surface area contributed by atoms with E-state index in [1.165, 1.54) is 17.2 Å². The number of hydrogen-bond acceptors (Lipinski definition) is 2. The molecule has 1 atom stereocenters. The van der Waals surface area contributed by atoms with Crippen molar-refractivity contribution < 1.29 is 18.0 Å². The molecule has 1 aliphatic carbocycles. The Hall–Kier alpha value is -3.61. The highest BCUT2D eigenvalue weighted by atomic mass is 19.2. The third-order valence-electron chi connectivity index (χ3n) is 6.44. The lowest BCUT2D eigenvalue weighted by atomic mass is 9.71. The third-order valence-corrected chi connectivity index (χ3v) is 6.44. The molecule has 0 fully saturated rings. The van der Waals surface area contributed by atoms with Gasteiger partial charge in [0.15, 0.2) is 11.6 Å². The molecule has 2 aromatic rings. The number of halogens is 3. The van der Waals surface area contributed by atoms with E-state index in [0.29, 0.717) is 23.7 Å². The van der Waals surface area contributed by atoms with Crippen molar-refractivity contribution in [3.8, 4) is 0 Å². The number of rotatable bonds is 7. The zero-order valence-electron chi connectivity index (χ0n) is 21.3. The maximum absolute atomic E-state index is 13.7. The van der Waals surface area contributed by atoms with Crippen molar-refractivity contribution in [2.45, 2.75) is 53.5 Å². The van der Waals surface area contributed by atoms with Crippen LogP contribution in [0.25, 0.3) is 0 Å². The molecule has 0 bridgehead atoms. The zero-order valence-corrected chi connectivity index (χ0v) is 21.3. The fourth-order valence-corrected chi connectivity index (χ4v) is 4.41. The van der Waals surface area contributed by atoms with Crippen LogP contribution < -0.4 is 5.32 Å². The first-order valence-electron chi connectivity index (χ1n) is 11.8. The summed E-state index contributed by atoms with van der Waals surface area (Å²) in [6, 6.07) is 1.32. The molecule has 1 aliphatic rings. The number of amides is 1. The summed E-state index contributed by atoms with van der Waals surface area (Å²) in [6.07, 6.45) is 18.9. The molecule has 190 valence electrons. The monoisotopic (exact) mass is 495 g/mol. The van der Waals surface area contributed by atoms with Gasteiger partial charge in [0.1, 0.15) is 5.82 Å². The Kier molecular flexibility index (Phi) is 8.56. The predicted molar refractivity (Wildman–Crippen MR) is 138 cm³/mol. The SMILES string of the molecule is CC1=C(/C=C/C(C)=C/C=C/C(C)=C/C(=O)Nc2cc(F)c(F)cc2F)C(C)(C)CCC1n1ccnc1. The molecule has 0 spiro atoms. The van der Waals surface area contributed by atoms with Gasteiger partial charge in [-0.05, 0) is 55.7 Å². The average molecular weight is 496 g/mol. The van der Waals surface area contributed by atoms with E-state index in [1.807, 2.05) is 37.8 Å². The maximum Gasteiger partial charge on any atom is 0.248 e. The van der Waals surface area contributed by atoms with Gasteiger partial charge in [-0.25, -0.2) is 18.2 Å². The van der Waals surface area contributed by atoms with Crippen molar-refractivity contribution in [3.63, 3.8) is 0 Å². The molecule has 0 aliphatic heterocycles. The Labute approximate surface area is 210 Å². The topological polar surface area (TPSA) is 46.9 Å². The van der Waals surface area contributed by atoms with Crippen LogP contribution in [-0.4, -0.2) is 15.5 Å². The van der Waals surface area contributed by atoms with Crippen molar-refractivity contribution in [3.05, 3.63) is 107 Å². The highest BCUT2D eigenvalue weighted by Crippen LogP contribution is 2.45. The molecular weight excluding hydrogens is 463 g/mol. The molecule has 0 radical (unpaired) electrons. The molecular formula is C29H32F3N3O. The van der Waals surface area contributed by atoms with Crippen LogP contribution in [0.1, 0.15) is 53.5 Å². The van der Waals surface area contributed by atoms with Crippen LogP contribution in [0.2, 0.25) is 0 Å². The fraction of sp³-hybridized carbons (Fsp3) is 0.310. The van der Waals surface area contributed by atoms with E-state index in [4.69, 9.17) is 0 Å². The highest BCUT2D eigenvalue weighted by Gasteiger charge is 2.32. The summed E-state index contributed by atoms with van der Waals surface area (Å²) in [6.45, 7) is 10.4. The number of carbonyl (C=O) groups excluding carboxylic acids is 1. The summed E-state index contributed by atoms with van der Waals surface area (Å²) in [5, 5.41) is 2.22. The van der Waals surface area contributed by atoms with Gasteiger partial charge in [-0.1, -0.05) is 49.8 Å². The van der Waals surface area contributed by atoms with Gasteiger partial charge in [0.05, 0.1) is 18.1 Å². The Bertz CT molecular complexity index is 1260. The normalized spacial score (nSPS) is 18.9. The average Bonchev–Trinajstić information content (AvgIpc) is 3.31. The number of carbonyl (C=O) groups is 1. The summed E-state index contributed by atoms with van der Waals surface area (Å²) in [4.78, 5) is 16.3. The summed E-state index contributed by atoms with van der Waals surface area (Å²) >= 11 is 0. The molecule has 1 aromatic heterocycles. The van der Waals surface area contributed by atoms with Crippen LogP contribution in [0.15, 0.2) is 89.6 Å². The van der Waals surface area contributed by atoms with Gasteiger partial charge in [-0.15, -0.1) is 0 Å². The van der Waals surface area contributed by atoms with Crippen LogP contribution in [0, 0.1) is 22.9 Å². The standard InChI is InChI=1S/C29H32F3N3O/c1-19(9-10-22-21(3)27(11-12-29(22,4)5)35-14-13-33-18-35)7-6-8-20(2)15-28(36)34-26-17-24(31)23(30)16-25(26)32/h6-10,13-18,27H,11-12H2,1-5H3,(H,34,36)/b8-6+,10-9+,19-7+,20-15+. The second-order valence-corrected chi connectivity index (χ2v) is 9.77. The molecule has 1 unspecified atom stereocenters. The number of allylic oxidation sites excluding steroid dienone is 9. The lowest BCUT2D eigenvalue weighted by molar-refractivity contribution is -0.112. The predicted octanol–water partition coefficient (Wildman–Crippen LogP) is 7.62. The lowest BCUT2D eigenvalue weighted by Crippen LogP contribution is -2.25. The van der Waals surface area contributed by atoms with Crippen LogP contribution in [-0.2, 0) is 4.79 Å². The molecule has 0 saturated heterocycles. The minimum Gasteiger partial charge on any atom is -0.330 e. The van der Waals surface area contributed by atoms with Crippen molar-refractivity contribution in [2.75, 3.05) is 5.32 Å². The number of hydrogen-bond donors (Lipinski definition) is 1. The molecule has 7 heteroatoms. The lowest BCUT2D eigenvalue weighted by Gasteiger charge is -2.37. The number of aromatic nitrogens is 2. The minimum atomic E-state index is -1.31. The Morgan fingerprint density at radius 1 is 1.11 bits per heavy atom. The van der Waals surface area contributed by atoms with E-state index in [1.54, 1.807) is 13.0 Å². The summed E-state index contributed by atoms with van der Waals surface area (Å²) < 4.78 is 42.2. The van der Waals surface area contributed by atoms with Crippen LogP contribution in [0.3, 0.4) is 0 Å². The van der Waals surface area contributed by atoms with Gasteiger partial charge in [0.25, 0.3) is 0 Å². The van der Waals surface area contributed by atoms with Crippen LogP contribution in [0.4, 0.5) is 18.9 Å². The van der Waals surface area contributed by atoms with Crippen molar-refractivity contribution in [1.82, 2.24) is 9.55 Å². The number of nitrogens with zero attached hydrogens (tertiary/aromatic N) is 2. The summed E-state index contributed by atoms with van der Waals surface area (Å²) in [5.41, 5.74) is 3.96. The van der Waals surface area contributed by atoms with Crippen molar-refractivity contribution in [1.29, 1.82) is 0 Å². The van der Waals surface area contributed by atoms with Gasteiger partial charge < -0.3 is 9.88 Å². The molecule has 1 N–H and O–H groups in total. The molecule has 36 heavy (non-hydrogen) atoms.